The van der Waals surface area contributed by atoms with Gasteiger partial charge in [-0.05, 0) is 79.6 Å². The smallest absolute Gasteiger partial charge is 0.260 e. The first kappa shape index (κ1) is 25.6. The highest BCUT2D eigenvalue weighted by atomic mass is 32.2. The van der Waals surface area contributed by atoms with Crippen LogP contribution in [0.5, 0.6) is 0 Å². The number of sulfonamides is 1. The molecule has 1 aliphatic rings. The zero-order valence-electron chi connectivity index (χ0n) is 21.3. The van der Waals surface area contributed by atoms with Crippen molar-refractivity contribution in [2.24, 2.45) is 5.92 Å². The van der Waals surface area contributed by atoms with Gasteiger partial charge in [-0.2, -0.15) is 4.31 Å². The van der Waals surface area contributed by atoms with E-state index in [-0.39, 0.29) is 10.8 Å². The molecule has 1 unspecified atom stereocenters. The Morgan fingerprint density at radius 1 is 1.08 bits per heavy atom. The molecule has 192 valence electrons. The van der Waals surface area contributed by atoms with Gasteiger partial charge in [0.05, 0.1) is 21.7 Å². The molecule has 5 rings (SSSR count). The van der Waals surface area contributed by atoms with Crippen molar-refractivity contribution in [3.05, 3.63) is 89.0 Å². The second-order valence-electron chi connectivity index (χ2n) is 9.94. The monoisotopic (exact) mass is 533 g/mol. The van der Waals surface area contributed by atoms with Crippen LogP contribution in [0.3, 0.4) is 0 Å². The van der Waals surface area contributed by atoms with Crippen LogP contribution in [-0.2, 0) is 16.6 Å². The normalized spacial score (nSPS) is 16.7. The lowest BCUT2D eigenvalue weighted by Crippen LogP contribution is -2.39. The maximum absolute atomic E-state index is 13.8. The average molecular weight is 534 g/mol. The number of carbonyl (C=O) groups is 1. The summed E-state index contributed by atoms with van der Waals surface area (Å²) in [7, 11) is -3.59. The molecule has 1 atom stereocenters. The van der Waals surface area contributed by atoms with Gasteiger partial charge in [0.1, 0.15) is 0 Å². The number of benzene rings is 3. The number of piperidine rings is 1. The lowest BCUT2D eigenvalue weighted by atomic mass is 10.0. The van der Waals surface area contributed by atoms with E-state index in [4.69, 9.17) is 4.98 Å². The molecule has 37 heavy (non-hydrogen) atoms. The van der Waals surface area contributed by atoms with E-state index in [1.807, 2.05) is 37.3 Å². The van der Waals surface area contributed by atoms with Gasteiger partial charge in [-0.25, -0.2) is 13.4 Å². The van der Waals surface area contributed by atoms with Crippen molar-refractivity contribution in [3.8, 4) is 0 Å². The summed E-state index contributed by atoms with van der Waals surface area (Å²) in [6, 6.07) is 20.3. The number of amides is 1. The summed E-state index contributed by atoms with van der Waals surface area (Å²) < 4.78 is 29.0. The Morgan fingerprint density at radius 3 is 2.51 bits per heavy atom. The number of anilines is 1. The zero-order chi connectivity index (χ0) is 26.2. The zero-order valence-corrected chi connectivity index (χ0v) is 23.0. The minimum atomic E-state index is -3.59. The Balaban J connectivity index is 1.48. The minimum absolute atomic E-state index is 0.215. The molecule has 8 heteroatoms. The summed E-state index contributed by atoms with van der Waals surface area (Å²) in [5.74, 6) is 0.130. The summed E-state index contributed by atoms with van der Waals surface area (Å²) in [6.07, 6.45) is 1.91. The summed E-state index contributed by atoms with van der Waals surface area (Å²) >= 11 is 1.49. The number of rotatable bonds is 6. The molecule has 0 aliphatic carbocycles. The van der Waals surface area contributed by atoms with Gasteiger partial charge in [-0.3, -0.25) is 9.69 Å². The SMILES string of the molecule is Cc1cc(C)c2nc(N(Cc3ccccc3)C(=O)c3ccc(S(=O)(=O)N4CCCC(C)C4)cc3)sc2c1. The van der Waals surface area contributed by atoms with Gasteiger partial charge < -0.3 is 0 Å². The molecule has 0 N–H and O–H groups in total. The molecule has 1 fully saturated rings. The fourth-order valence-corrected chi connectivity index (χ4v) is 7.64. The van der Waals surface area contributed by atoms with E-state index in [1.165, 1.54) is 11.3 Å². The Kier molecular flexibility index (Phi) is 7.16. The topological polar surface area (TPSA) is 70.6 Å². The van der Waals surface area contributed by atoms with Crippen LogP contribution < -0.4 is 4.90 Å². The molecule has 1 saturated heterocycles. The van der Waals surface area contributed by atoms with Crippen molar-refractivity contribution >= 4 is 42.6 Å². The third-order valence-electron chi connectivity index (χ3n) is 6.84. The molecule has 1 aromatic heterocycles. The van der Waals surface area contributed by atoms with Gasteiger partial charge in [0, 0.05) is 18.7 Å². The van der Waals surface area contributed by atoms with Gasteiger partial charge in [-0.15, -0.1) is 0 Å². The highest BCUT2D eigenvalue weighted by Gasteiger charge is 2.29. The van der Waals surface area contributed by atoms with Gasteiger partial charge in [0.25, 0.3) is 5.91 Å². The highest BCUT2D eigenvalue weighted by molar-refractivity contribution is 7.89. The Bertz CT molecular complexity index is 1530. The second kappa shape index (κ2) is 10.4. The van der Waals surface area contributed by atoms with E-state index < -0.39 is 10.0 Å². The number of hydrogen-bond donors (Lipinski definition) is 0. The number of nitrogens with zero attached hydrogens (tertiary/aromatic N) is 3. The Labute approximate surface area is 222 Å². The first-order valence-electron chi connectivity index (χ1n) is 12.6. The summed E-state index contributed by atoms with van der Waals surface area (Å²) in [5, 5.41) is 0.622. The van der Waals surface area contributed by atoms with Crippen molar-refractivity contribution in [3.63, 3.8) is 0 Å². The molecule has 4 aromatic rings. The number of hydrogen-bond acceptors (Lipinski definition) is 5. The number of aromatic nitrogens is 1. The maximum atomic E-state index is 13.8. The Hall–Kier alpha value is -3.07. The van der Waals surface area contributed by atoms with Crippen LogP contribution in [0.15, 0.2) is 71.6 Å². The van der Waals surface area contributed by atoms with Crippen LogP contribution in [-0.4, -0.2) is 36.7 Å². The molecule has 0 spiro atoms. The van der Waals surface area contributed by atoms with Gasteiger partial charge in [0.2, 0.25) is 10.0 Å². The number of fused-ring (bicyclic) bond motifs is 1. The fraction of sp³-hybridized carbons (Fsp3) is 0.310. The standard InChI is InChI=1S/C29H31N3O3S2/c1-20-8-7-15-31(18-20)37(34,35)25-13-11-24(12-14-25)28(33)32(19-23-9-5-4-6-10-23)29-30-27-22(3)16-21(2)17-26(27)36-29/h4-6,9-14,16-17,20H,7-8,15,18-19H2,1-3H3. The van der Waals surface area contributed by atoms with Gasteiger partial charge in [0.15, 0.2) is 5.13 Å². The van der Waals surface area contributed by atoms with Crippen LogP contribution in [0, 0.1) is 19.8 Å². The molecule has 6 nitrogen and oxygen atoms in total. The minimum Gasteiger partial charge on any atom is -0.279 e. The van der Waals surface area contributed by atoms with E-state index in [0.29, 0.717) is 36.2 Å². The first-order chi connectivity index (χ1) is 17.7. The number of carbonyl (C=O) groups excluding carboxylic acids is 1. The third kappa shape index (κ3) is 5.32. The Morgan fingerprint density at radius 2 is 1.81 bits per heavy atom. The summed E-state index contributed by atoms with van der Waals surface area (Å²) in [4.78, 5) is 20.6. The first-order valence-corrected chi connectivity index (χ1v) is 14.8. The molecule has 1 aliphatic heterocycles. The van der Waals surface area contributed by atoms with Crippen molar-refractivity contribution in [1.82, 2.24) is 9.29 Å². The van der Waals surface area contributed by atoms with E-state index in [9.17, 15) is 13.2 Å². The largest absolute Gasteiger partial charge is 0.279 e. The number of aryl methyl sites for hydroxylation is 2. The predicted molar refractivity (Wildman–Crippen MR) is 150 cm³/mol. The highest BCUT2D eigenvalue weighted by Crippen LogP contribution is 2.33. The van der Waals surface area contributed by atoms with Crippen molar-refractivity contribution in [1.29, 1.82) is 0 Å². The lowest BCUT2D eigenvalue weighted by Gasteiger charge is -2.30. The van der Waals surface area contributed by atoms with Crippen molar-refractivity contribution < 1.29 is 13.2 Å². The second-order valence-corrected chi connectivity index (χ2v) is 12.9. The van der Waals surface area contributed by atoms with E-state index in [2.05, 4.69) is 26.0 Å². The molecular weight excluding hydrogens is 502 g/mol. The molecule has 3 aromatic carbocycles. The van der Waals surface area contributed by atoms with Crippen LogP contribution in [0.1, 0.15) is 46.8 Å². The van der Waals surface area contributed by atoms with Crippen molar-refractivity contribution in [2.45, 2.75) is 45.1 Å². The lowest BCUT2D eigenvalue weighted by molar-refractivity contribution is 0.0985. The number of thiazole rings is 1. The predicted octanol–water partition coefficient (Wildman–Crippen LogP) is 6.18. The van der Waals surface area contributed by atoms with Crippen LogP contribution in [0.25, 0.3) is 10.2 Å². The molecular formula is C29H31N3O3S2. The van der Waals surface area contributed by atoms with Crippen molar-refractivity contribution in [2.75, 3.05) is 18.0 Å². The summed E-state index contributed by atoms with van der Waals surface area (Å²) in [6.45, 7) is 7.60. The molecule has 1 amide bonds. The molecule has 0 radical (unpaired) electrons. The average Bonchev–Trinajstić information content (AvgIpc) is 3.32. The molecule has 0 bridgehead atoms. The maximum Gasteiger partial charge on any atom is 0.260 e. The quantitative estimate of drug-likeness (QED) is 0.297. The molecule has 2 heterocycles. The third-order valence-corrected chi connectivity index (χ3v) is 9.74. The summed E-state index contributed by atoms with van der Waals surface area (Å²) in [5.41, 5.74) is 4.54. The van der Waals surface area contributed by atoms with E-state index in [1.54, 1.807) is 33.5 Å². The van der Waals surface area contributed by atoms with Gasteiger partial charge >= 0.3 is 0 Å². The van der Waals surface area contributed by atoms with E-state index >= 15 is 0 Å². The van der Waals surface area contributed by atoms with Gasteiger partial charge in [-0.1, -0.05) is 54.7 Å². The fourth-order valence-electron chi connectivity index (χ4n) is 4.91. The van der Waals surface area contributed by atoms with Crippen LogP contribution in [0.2, 0.25) is 0 Å². The van der Waals surface area contributed by atoms with Crippen LogP contribution in [0.4, 0.5) is 5.13 Å². The molecule has 0 saturated carbocycles. The van der Waals surface area contributed by atoms with E-state index in [0.717, 1.165) is 39.7 Å². The van der Waals surface area contributed by atoms with Crippen LogP contribution >= 0.6 is 11.3 Å².